The Morgan fingerprint density at radius 1 is 1.17 bits per heavy atom. The van der Waals surface area contributed by atoms with Gasteiger partial charge in [0.1, 0.15) is 5.75 Å². The molecule has 0 aliphatic heterocycles. The third-order valence-corrected chi connectivity index (χ3v) is 2.45. The van der Waals surface area contributed by atoms with Crippen LogP contribution < -0.4 is 10.5 Å². The first kappa shape index (κ1) is 14.0. The number of rotatable bonds is 8. The molecule has 0 unspecified atom stereocenters. The summed E-state index contributed by atoms with van der Waals surface area (Å²) in [4.78, 5) is 21.4. The molecular weight excluding hydrogens is 234 g/mol. The van der Waals surface area contributed by atoms with Gasteiger partial charge in [0, 0.05) is 6.42 Å². The van der Waals surface area contributed by atoms with Gasteiger partial charge in [-0.3, -0.25) is 9.59 Å². The van der Waals surface area contributed by atoms with Crippen molar-refractivity contribution in [1.82, 2.24) is 0 Å². The highest BCUT2D eigenvalue weighted by atomic mass is 16.5. The lowest BCUT2D eigenvalue weighted by Crippen LogP contribution is -2.13. The molecule has 0 bridgehead atoms. The van der Waals surface area contributed by atoms with Crippen LogP contribution in [-0.4, -0.2) is 23.6 Å². The fourth-order valence-corrected chi connectivity index (χ4v) is 1.53. The van der Waals surface area contributed by atoms with Gasteiger partial charge >= 0.3 is 5.97 Å². The number of amides is 1. The number of para-hydroxylation sites is 1. The number of nitrogens with two attached hydrogens (primary N) is 1. The third-order valence-electron chi connectivity index (χ3n) is 2.45. The Kier molecular flexibility index (Phi) is 5.70. The summed E-state index contributed by atoms with van der Waals surface area (Å²) in [6, 6.07) is 6.80. The molecule has 0 spiro atoms. The average Bonchev–Trinajstić information content (AvgIpc) is 2.33. The SMILES string of the molecule is NC(=O)c1ccccc1OCCCCCC(=O)O. The zero-order valence-corrected chi connectivity index (χ0v) is 10.1. The number of carbonyl (C=O) groups excluding carboxylic acids is 1. The van der Waals surface area contributed by atoms with Gasteiger partial charge in [-0.05, 0) is 31.4 Å². The molecular formula is C13H17NO4. The number of primary amides is 1. The Morgan fingerprint density at radius 2 is 1.89 bits per heavy atom. The maximum atomic E-state index is 11.1. The average molecular weight is 251 g/mol. The summed E-state index contributed by atoms with van der Waals surface area (Å²) in [6.07, 6.45) is 2.35. The first-order valence-corrected chi connectivity index (χ1v) is 5.84. The van der Waals surface area contributed by atoms with E-state index in [0.29, 0.717) is 24.3 Å². The molecule has 5 nitrogen and oxygen atoms in total. The number of hydrogen-bond donors (Lipinski definition) is 2. The second-order valence-corrected chi connectivity index (χ2v) is 3.91. The van der Waals surface area contributed by atoms with Crippen LogP contribution in [0.4, 0.5) is 0 Å². The lowest BCUT2D eigenvalue weighted by Gasteiger charge is -2.08. The minimum atomic E-state index is -0.782. The van der Waals surface area contributed by atoms with Crippen LogP contribution in [0.15, 0.2) is 24.3 Å². The van der Waals surface area contributed by atoms with Crippen molar-refractivity contribution in [3.8, 4) is 5.75 Å². The zero-order valence-electron chi connectivity index (χ0n) is 10.1. The molecule has 0 atom stereocenters. The number of hydrogen-bond acceptors (Lipinski definition) is 3. The summed E-state index contributed by atoms with van der Waals surface area (Å²) in [5.41, 5.74) is 5.58. The molecule has 3 N–H and O–H groups in total. The number of ether oxygens (including phenoxy) is 1. The maximum absolute atomic E-state index is 11.1. The van der Waals surface area contributed by atoms with E-state index in [1.54, 1.807) is 24.3 Å². The van der Waals surface area contributed by atoms with E-state index in [9.17, 15) is 9.59 Å². The summed E-state index contributed by atoms with van der Waals surface area (Å²) < 4.78 is 5.46. The van der Waals surface area contributed by atoms with E-state index < -0.39 is 11.9 Å². The molecule has 1 rings (SSSR count). The van der Waals surface area contributed by atoms with Gasteiger partial charge in [0.15, 0.2) is 0 Å². The molecule has 0 aliphatic rings. The normalized spacial score (nSPS) is 10.0. The predicted octanol–water partition coefficient (Wildman–Crippen LogP) is 1.81. The van der Waals surface area contributed by atoms with E-state index in [-0.39, 0.29) is 6.42 Å². The molecule has 0 aromatic heterocycles. The lowest BCUT2D eigenvalue weighted by atomic mass is 10.2. The molecule has 0 radical (unpaired) electrons. The van der Waals surface area contributed by atoms with Gasteiger partial charge in [0.05, 0.1) is 12.2 Å². The summed E-state index contributed by atoms with van der Waals surface area (Å²) in [5.74, 6) is -0.824. The monoisotopic (exact) mass is 251 g/mol. The first-order chi connectivity index (χ1) is 8.61. The van der Waals surface area contributed by atoms with E-state index in [2.05, 4.69) is 0 Å². The fourth-order valence-electron chi connectivity index (χ4n) is 1.53. The molecule has 18 heavy (non-hydrogen) atoms. The number of carboxylic acids is 1. The molecule has 0 fully saturated rings. The molecule has 0 heterocycles. The van der Waals surface area contributed by atoms with Gasteiger partial charge in [-0.15, -0.1) is 0 Å². The number of benzene rings is 1. The Bertz CT molecular complexity index is 417. The van der Waals surface area contributed by atoms with E-state index in [0.717, 1.165) is 12.8 Å². The molecule has 1 aromatic rings. The summed E-state index contributed by atoms with van der Waals surface area (Å²) in [6.45, 7) is 0.448. The van der Waals surface area contributed by atoms with E-state index >= 15 is 0 Å². The number of carboxylic acid groups (broad SMARTS) is 1. The largest absolute Gasteiger partial charge is 0.493 e. The Balaban J connectivity index is 2.31. The van der Waals surface area contributed by atoms with Crippen molar-refractivity contribution in [2.45, 2.75) is 25.7 Å². The van der Waals surface area contributed by atoms with E-state index in [4.69, 9.17) is 15.6 Å². The minimum absolute atomic E-state index is 0.178. The molecule has 98 valence electrons. The predicted molar refractivity (Wildman–Crippen MR) is 66.6 cm³/mol. The van der Waals surface area contributed by atoms with Crippen molar-refractivity contribution < 1.29 is 19.4 Å². The maximum Gasteiger partial charge on any atom is 0.303 e. The van der Waals surface area contributed by atoms with Crippen LogP contribution in [0.1, 0.15) is 36.0 Å². The molecule has 0 saturated heterocycles. The summed E-state index contributed by atoms with van der Waals surface area (Å²) in [5, 5.41) is 8.46. The highest BCUT2D eigenvalue weighted by Gasteiger charge is 2.07. The second-order valence-electron chi connectivity index (χ2n) is 3.91. The van der Waals surface area contributed by atoms with Crippen LogP contribution in [0.2, 0.25) is 0 Å². The molecule has 1 aromatic carbocycles. The first-order valence-electron chi connectivity index (χ1n) is 5.84. The molecule has 0 aliphatic carbocycles. The standard InChI is InChI=1S/C13H17NO4/c14-13(17)10-6-3-4-7-11(10)18-9-5-1-2-8-12(15)16/h3-4,6-7H,1-2,5,8-9H2,(H2,14,17)(H,15,16). The van der Waals surface area contributed by atoms with Crippen LogP contribution in [-0.2, 0) is 4.79 Å². The van der Waals surface area contributed by atoms with Gasteiger partial charge in [0.2, 0.25) is 0 Å². The Hall–Kier alpha value is -2.04. The van der Waals surface area contributed by atoms with Gasteiger partial charge in [-0.25, -0.2) is 0 Å². The van der Waals surface area contributed by atoms with Crippen molar-refractivity contribution >= 4 is 11.9 Å². The lowest BCUT2D eigenvalue weighted by molar-refractivity contribution is -0.137. The van der Waals surface area contributed by atoms with Crippen LogP contribution in [0.3, 0.4) is 0 Å². The fraction of sp³-hybridized carbons (Fsp3) is 0.385. The summed E-state index contributed by atoms with van der Waals surface area (Å²) >= 11 is 0. The number of aliphatic carboxylic acids is 1. The quantitative estimate of drug-likeness (QED) is 0.689. The van der Waals surface area contributed by atoms with Crippen molar-refractivity contribution in [3.05, 3.63) is 29.8 Å². The van der Waals surface area contributed by atoms with Gasteiger partial charge in [-0.1, -0.05) is 12.1 Å². The third kappa shape index (κ3) is 4.86. The van der Waals surface area contributed by atoms with Crippen molar-refractivity contribution in [3.63, 3.8) is 0 Å². The Morgan fingerprint density at radius 3 is 2.56 bits per heavy atom. The molecule has 5 heteroatoms. The highest BCUT2D eigenvalue weighted by Crippen LogP contribution is 2.17. The molecule has 1 amide bonds. The van der Waals surface area contributed by atoms with Crippen molar-refractivity contribution in [2.24, 2.45) is 5.73 Å². The smallest absolute Gasteiger partial charge is 0.303 e. The highest BCUT2D eigenvalue weighted by molar-refractivity contribution is 5.95. The topological polar surface area (TPSA) is 89.6 Å². The second kappa shape index (κ2) is 7.32. The van der Waals surface area contributed by atoms with Crippen LogP contribution in [0, 0.1) is 0 Å². The van der Waals surface area contributed by atoms with Crippen molar-refractivity contribution in [2.75, 3.05) is 6.61 Å². The number of carbonyl (C=O) groups is 2. The minimum Gasteiger partial charge on any atom is -0.493 e. The van der Waals surface area contributed by atoms with Crippen LogP contribution in [0.25, 0.3) is 0 Å². The zero-order chi connectivity index (χ0) is 13.4. The number of unbranched alkanes of at least 4 members (excludes halogenated alkanes) is 2. The van der Waals surface area contributed by atoms with Gasteiger partial charge in [0.25, 0.3) is 5.91 Å². The molecule has 0 saturated carbocycles. The van der Waals surface area contributed by atoms with Gasteiger partial charge < -0.3 is 15.6 Å². The Labute approximate surface area is 106 Å². The summed E-state index contributed by atoms with van der Waals surface area (Å²) in [7, 11) is 0. The van der Waals surface area contributed by atoms with E-state index in [1.807, 2.05) is 0 Å². The van der Waals surface area contributed by atoms with Crippen molar-refractivity contribution in [1.29, 1.82) is 0 Å². The van der Waals surface area contributed by atoms with E-state index in [1.165, 1.54) is 0 Å². The van der Waals surface area contributed by atoms with Crippen LogP contribution in [0.5, 0.6) is 5.75 Å². The van der Waals surface area contributed by atoms with Crippen LogP contribution >= 0.6 is 0 Å². The van der Waals surface area contributed by atoms with Gasteiger partial charge in [-0.2, -0.15) is 0 Å².